The van der Waals surface area contributed by atoms with Crippen LogP contribution < -0.4 is 0 Å². The predicted molar refractivity (Wildman–Crippen MR) is 69.4 cm³/mol. The van der Waals surface area contributed by atoms with Gasteiger partial charge in [0.25, 0.3) is 0 Å². The van der Waals surface area contributed by atoms with Crippen LogP contribution in [0.4, 0.5) is 0 Å². The molecule has 2 fully saturated rings. The maximum Gasteiger partial charge on any atom is 0.235 e. The standard InChI is InChI=1S/C14H23NO4/c1-3-13(4-2)9-11(16)15(12(13)17)10-14(18)5-7-19-8-6-14/h18H,3-10H2,1-2H3. The molecule has 19 heavy (non-hydrogen) atoms. The van der Waals surface area contributed by atoms with E-state index in [-0.39, 0.29) is 24.8 Å². The second-order valence-electron chi connectivity index (χ2n) is 5.79. The van der Waals surface area contributed by atoms with Gasteiger partial charge in [0.2, 0.25) is 11.8 Å². The molecule has 0 aromatic carbocycles. The minimum absolute atomic E-state index is 0.109. The third kappa shape index (κ3) is 2.54. The molecule has 0 bridgehead atoms. The van der Waals surface area contributed by atoms with Crippen LogP contribution >= 0.6 is 0 Å². The highest BCUT2D eigenvalue weighted by atomic mass is 16.5. The molecule has 0 aliphatic carbocycles. The Bertz CT molecular complexity index is 370. The Balaban J connectivity index is 2.12. The van der Waals surface area contributed by atoms with Crippen LogP contribution in [0.5, 0.6) is 0 Å². The van der Waals surface area contributed by atoms with E-state index in [9.17, 15) is 14.7 Å². The molecule has 2 aliphatic heterocycles. The molecule has 2 heterocycles. The molecule has 2 aliphatic rings. The zero-order valence-electron chi connectivity index (χ0n) is 11.8. The molecule has 2 rings (SSSR count). The van der Waals surface area contributed by atoms with Gasteiger partial charge < -0.3 is 9.84 Å². The van der Waals surface area contributed by atoms with Crippen molar-refractivity contribution in [3.05, 3.63) is 0 Å². The summed E-state index contributed by atoms with van der Waals surface area (Å²) >= 11 is 0. The van der Waals surface area contributed by atoms with Gasteiger partial charge in [0.15, 0.2) is 0 Å². The highest BCUT2D eigenvalue weighted by Gasteiger charge is 2.51. The Morgan fingerprint density at radius 3 is 2.26 bits per heavy atom. The number of amides is 2. The molecule has 1 N–H and O–H groups in total. The number of nitrogens with zero attached hydrogens (tertiary/aromatic N) is 1. The number of hydrogen-bond acceptors (Lipinski definition) is 4. The number of carbonyl (C=O) groups is 2. The Kier molecular flexibility index (Phi) is 3.97. The molecular weight excluding hydrogens is 246 g/mol. The smallest absolute Gasteiger partial charge is 0.235 e. The number of ether oxygens (including phenoxy) is 1. The van der Waals surface area contributed by atoms with Gasteiger partial charge in [-0.05, 0) is 12.8 Å². The minimum Gasteiger partial charge on any atom is -0.388 e. The number of imide groups is 1. The van der Waals surface area contributed by atoms with Crippen LogP contribution in [0.25, 0.3) is 0 Å². The van der Waals surface area contributed by atoms with Gasteiger partial charge in [-0.25, -0.2) is 0 Å². The van der Waals surface area contributed by atoms with Gasteiger partial charge in [-0.1, -0.05) is 13.8 Å². The van der Waals surface area contributed by atoms with Crippen LogP contribution in [0.15, 0.2) is 0 Å². The van der Waals surface area contributed by atoms with Gasteiger partial charge in [0.1, 0.15) is 0 Å². The second kappa shape index (κ2) is 5.21. The maximum atomic E-state index is 12.5. The fourth-order valence-electron chi connectivity index (χ4n) is 3.03. The van der Waals surface area contributed by atoms with Crippen LogP contribution in [0, 0.1) is 5.41 Å². The van der Waals surface area contributed by atoms with Crippen LogP contribution in [0.2, 0.25) is 0 Å². The van der Waals surface area contributed by atoms with Crippen molar-refractivity contribution in [3.63, 3.8) is 0 Å². The van der Waals surface area contributed by atoms with Crippen molar-refractivity contribution in [2.75, 3.05) is 19.8 Å². The van der Waals surface area contributed by atoms with Crippen LogP contribution in [-0.2, 0) is 14.3 Å². The number of likely N-dealkylation sites (tertiary alicyclic amines) is 1. The molecule has 5 heteroatoms. The molecule has 0 aromatic heterocycles. The lowest BCUT2D eigenvalue weighted by molar-refractivity contribution is -0.149. The van der Waals surface area contributed by atoms with Gasteiger partial charge in [0.05, 0.1) is 17.6 Å². The van der Waals surface area contributed by atoms with Crippen molar-refractivity contribution in [1.29, 1.82) is 0 Å². The summed E-state index contributed by atoms with van der Waals surface area (Å²) < 4.78 is 5.22. The first-order valence-corrected chi connectivity index (χ1v) is 7.11. The third-order valence-corrected chi connectivity index (χ3v) is 4.72. The summed E-state index contributed by atoms with van der Waals surface area (Å²) in [5.41, 5.74) is -1.51. The molecular formula is C14H23NO4. The van der Waals surface area contributed by atoms with Crippen molar-refractivity contribution in [1.82, 2.24) is 4.90 Å². The quantitative estimate of drug-likeness (QED) is 0.776. The number of aliphatic hydroxyl groups is 1. The number of β-amino-alcohol motifs (C(OH)–C–C–N with tert-alkyl or cyclic N) is 1. The van der Waals surface area contributed by atoms with Crippen molar-refractivity contribution >= 4 is 11.8 Å². The molecule has 0 saturated carbocycles. The first-order valence-electron chi connectivity index (χ1n) is 7.11. The zero-order valence-corrected chi connectivity index (χ0v) is 11.8. The SMILES string of the molecule is CCC1(CC)CC(=O)N(CC2(O)CCOCC2)C1=O. The van der Waals surface area contributed by atoms with E-state index in [0.717, 1.165) is 0 Å². The first kappa shape index (κ1) is 14.5. The topological polar surface area (TPSA) is 66.8 Å². The molecule has 5 nitrogen and oxygen atoms in total. The van der Waals surface area contributed by atoms with Crippen LogP contribution in [0.1, 0.15) is 46.0 Å². The van der Waals surface area contributed by atoms with E-state index in [1.54, 1.807) is 0 Å². The highest BCUT2D eigenvalue weighted by Crippen LogP contribution is 2.40. The fraction of sp³-hybridized carbons (Fsp3) is 0.857. The van der Waals surface area contributed by atoms with Crippen LogP contribution in [0.3, 0.4) is 0 Å². The van der Waals surface area contributed by atoms with Crippen molar-refractivity contribution in [2.24, 2.45) is 5.41 Å². The predicted octanol–water partition coefficient (Wildman–Crippen LogP) is 1.09. The Morgan fingerprint density at radius 2 is 1.79 bits per heavy atom. The van der Waals surface area contributed by atoms with Gasteiger partial charge in [-0.2, -0.15) is 0 Å². The van der Waals surface area contributed by atoms with Crippen LogP contribution in [-0.4, -0.2) is 47.2 Å². The molecule has 2 saturated heterocycles. The molecule has 0 atom stereocenters. The average Bonchev–Trinajstić information content (AvgIpc) is 2.64. The average molecular weight is 269 g/mol. The van der Waals surface area contributed by atoms with E-state index in [4.69, 9.17) is 4.74 Å². The van der Waals surface area contributed by atoms with Gasteiger partial charge in [-0.15, -0.1) is 0 Å². The highest BCUT2D eigenvalue weighted by molar-refractivity contribution is 6.05. The summed E-state index contributed by atoms with van der Waals surface area (Å²) in [7, 11) is 0. The molecule has 2 amide bonds. The molecule has 0 aromatic rings. The molecule has 108 valence electrons. The van der Waals surface area contributed by atoms with Gasteiger partial charge in [0, 0.05) is 32.5 Å². The van der Waals surface area contributed by atoms with E-state index >= 15 is 0 Å². The summed E-state index contributed by atoms with van der Waals surface area (Å²) in [6, 6.07) is 0. The fourth-order valence-corrected chi connectivity index (χ4v) is 3.03. The Morgan fingerprint density at radius 1 is 1.21 bits per heavy atom. The van der Waals surface area contributed by atoms with Crippen molar-refractivity contribution in [3.8, 4) is 0 Å². The summed E-state index contributed by atoms with van der Waals surface area (Å²) in [6.07, 6.45) is 2.59. The lowest BCUT2D eigenvalue weighted by Gasteiger charge is -2.35. The van der Waals surface area contributed by atoms with E-state index in [1.807, 2.05) is 13.8 Å². The maximum absolute atomic E-state index is 12.5. The lowest BCUT2D eigenvalue weighted by Crippen LogP contribution is -2.49. The summed E-state index contributed by atoms with van der Waals surface area (Å²) in [6.45, 7) is 4.98. The van der Waals surface area contributed by atoms with Crippen molar-refractivity contribution in [2.45, 2.75) is 51.6 Å². The minimum atomic E-state index is -0.971. The van der Waals surface area contributed by atoms with Gasteiger partial charge in [-0.3, -0.25) is 14.5 Å². The number of carbonyl (C=O) groups excluding carboxylic acids is 2. The van der Waals surface area contributed by atoms with E-state index in [1.165, 1.54) is 4.90 Å². The van der Waals surface area contributed by atoms with Gasteiger partial charge >= 0.3 is 0 Å². The van der Waals surface area contributed by atoms with E-state index in [0.29, 0.717) is 38.9 Å². The monoisotopic (exact) mass is 269 g/mol. The summed E-state index contributed by atoms with van der Waals surface area (Å²) in [4.78, 5) is 25.9. The third-order valence-electron chi connectivity index (χ3n) is 4.72. The largest absolute Gasteiger partial charge is 0.388 e. The van der Waals surface area contributed by atoms with E-state index in [2.05, 4.69) is 0 Å². The Labute approximate surface area is 113 Å². The van der Waals surface area contributed by atoms with Crippen molar-refractivity contribution < 1.29 is 19.4 Å². The first-order chi connectivity index (χ1) is 8.96. The Hall–Kier alpha value is -0.940. The molecule has 0 spiro atoms. The summed E-state index contributed by atoms with van der Waals surface area (Å²) in [5.74, 6) is -0.254. The molecule has 0 unspecified atom stereocenters. The second-order valence-corrected chi connectivity index (χ2v) is 5.79. The normalized spacial score (nSPS) is 25.9. The number of hydrogen-bond donors (Lipinski definition) is 1. The molecule has 0 radical (unpaired) electrons. The number of rotatable bonds is 4. The zero-order chi connectivity index (χ0) is 14.1. The lowest BCUT2D eigenvalue weighted by atomic mass is 9.81. The van der Waals surface area contributed by atoms with E-state index < -0.39 is 11.0 Å². The summed E-state index contributed by atoms with van der Waals surface area (Å²) in [5, 5.41) is 10.5.